The molecular formula is C16H25N3O6. The van der Waals surface area contributed by atoms with Crippen molar-refractivity contribution in [3.05, 3.63) is 18.2 Å². The molecule has 1 aromatic heterocycles. The monoisotopic (exact) mass is 355 g/mol. The predicted octanol–water partition coefficient (Wildman–Crippen LogP) is 1.88. The summed E-state index contributed by atoms with van der Waals surface area (Å²) in [5.41, 5.74) is -1.31. The Morgan fingerprint density at radius 3 is 2.20 bits per heavy atom. The quantitative estimate of drug-likeness (QED) is 0.774. The molecule has 0 aliphatic heterocycles. The highest BCUT2D eigenvalue weighted by atomic mass is 16.6. The van der Waals surface area contributed by atoms with Gasteiger partial charge < -0.3 is 24.5 Å². The fraction of sp³-hybridized carbons (Fsp3) is 0.625. The minimum atomic E-state index is -1.39. The highest BCUT2D eigenvalue weighted by Gasteiger charge is 2.27. The van der Waals surface area contributed by atoms with Gasteiger partial charge in [-0.25, -0.2) is 14.6 Å². The third-order valence-corrected chi connectivity index (χ3v) is 2.59. The van der Waals surface area contributed by atoms with Crippen LogP contribution in [0, 0.1) is 0 Å². The second-order valence-corrected chi connectivity index (χ2v) is 7.47. The van der Waals surface area contributed by atoms with Crippen molar-refractivity contribution < 1.29 is 29.0 Å². The van der Waals surface area contributed by atoms with Crippen LogP contribution in [-0.2, 0) is 25.6 Å². The number of aromatic nitrogens is 2. The average molecular weight is 355 g/mol. The molecule has 0 aromatic carbocycles. The summed E-state index contributed by atoms with van der Waals surface area (Å²) in [6.07, 6.45) is 1.79. The molecule has 140 valence electrons. The summed E-state index contributed by atoms with van der Waals surface area (Å²) in [4.78, 5) is 38.9. The number of carbonyl (C=O) groups is 3. The van der Waals surface area contributed by atoms with E-state index in [2.05, 4.69) is 10.3 Å². The van der Waals surface area contributed by atoms with Gasteiger partial charge in [0.2, 0.25) is 0 Å². The molecule has 1 unspecified atom stereocenters. The Kier molecular flexibility index (Phi) is 6.17. The number of imidazole rings is 1. The molecule has 0 radical (unpaired) electrons. The van der Waals surface area contributed by atoms with Gasteiger partial charge in [-0.05, 0) is 41.5 Å². The number of hydrogen-bond donors (Lipinski definition) is 2. The van der Waals surface area contributed by atoms with Gasteiger partial charge in [-0.15, -0.1) is 0 Å². The summed E-state index contributed by atoms with van der Waals surface area (Å²) in [6, 6.07) is -1.39. The van der Waals surface area contributed by atoms with E-state index in [4.69, 9.17) is 9.47 Å². The van der Waals surface area contributed by atoms with Gasteiger partial charge in [0.1, 0.15) is 17.7 Å². The number of amides is 1. The van der Waals surface area contributed by atoms with Gasteiger partial charge in [-0.1, -0.05) is 0 Å². The topological polar surface area (TPSA) is 120 Å². The fourth-order valence-electron chi connectivity index (χ4n) is 1.82. The van der Waals surface area contributed by atoms with Crippen LogP contribution < -0.4 is 5.32 Å². The van der Waals surface area contributed by atoms with Crippen molar-refractivity contribution in [1.82, 2.24) is 14.9 Å². The highest BCUT2D eigenvalue weighted by molar-refractivity contribution is 5.81. The van der Waals surface area contributed by atoms with Crippen LogP contribution in [0.1, 0.15) is 53.3 Å². The van der Waals surface area contributed by atoms with Gasteiger partial charge >= 0.3 is 18.0 Å². The van der Waals surface area contributed by atoms with E-state index in [9.17, 15) is 19.5 Å². The van der Waals surface area contributed by atoms with E-state index in [0.29, 0.717) is 0 Å². The molecule has 0 fully saturated rings. The van der Waals surface area contributed by atoms with E-state index in [-0.39, 0.29) is 12.2 Å². The number of aliphatic carboxylic acids is 1. The van der Waals surface area contributed by atoms with Crippen molar-refractivity contribution in [2.45, 2.75) is 65.3 Å². The number of nitrogens with one attached hydrogen (secondary N) is 1. The molecule has 9 nitrogen and oxygen atoms in total. The molecule has 1 aromatic rings. The van der Waals surface area contributed by atoms with Crippen LogP contribution in [0.5, 0.6) is 0 Å². The van der Waals surface area contributed by atoms with Crippen molar-refractivity contribution in [2.24, 2.45) is 0 Å². The van der Waals surface area contributed by atoms with Crippen molar-refractivity contribution in [3.63, 3.8) is 0 Å². The first-order valence-corrected chi connectivity index (χ1v) is 7.73. The Morgan fingerprint density at radius 2 is 1.72 bits per heavy atom. The number of nitrogens with zero attached hydrogens (tertiary/aromatic N) is 2. The molecule has 2 N–H and O–H groups in total. The molecule has 1 heterocycles. The molecule has 0 saturated heterocycles. The summed E-state index contributed by atoms with van der Waals surface area (Å²) in [5, 5.41) is 11.5. The number of hydrogen-bond acceptors (Lipinski definition) is 6. The summed E-state index contributed by atoms with van der Waals surface area (Å²) in [5.74, 6) is -1.78. The summed E-state index contributed by atoms with van der Waals surface area (Å²) in [7, 11) is 0. The van der Waals surface area contributed by atoms with Crippen LogP contribution in [0.15, 0.2) is 12.5 Å². The lowest BCUT2D eigenvalue weighted by Crippen LogP contribution is -2.38. The van der Waals surface area contributed by atoms with E-state index in [0.717, 1.165) is 0 Å². The predicted molar refractivity (Wildman–Crippen MR) is 87.8 cm³/mol. The standard InChI is InChI=1S/C16H25N3O6/c1-15(2,3)24-11(20)8-19-7-10(17-9-19)12(13(21)22)18-14(23)25-16(4,5)6/h7,9,12H,8H2,1-6H3,(H,18,23)(H,21,22). The smallest absolute Gasteiger partial charge is 0.408 e. The maximum Gasteiger partial charge on any atom is 0.408 e. The number of carbonyl (C=O) groups excluding carboxylic acids is 2. The molecule has 9 heteroatoms. The third-order valence-electron chi connectivity index (χ3n) is 2.59. The van der Waals surface area contributed by atoms with Gasteiger partial charge in [0.25, 0.3) is 0 Å². The second kappa shape index (κ2) is 7.54. The lowest BCUT2D eigenvalue weighted by molar-refractivity contribution is -0.155. The molecule has 1 atom stereocenters. The lowest BCUT2D eigenvalue weighted by Gasteiger charge is -2.21. The van der Waals surface area contributed by atoms with E-state index in [1.165, 1.54) is 17.1 Å². The molecule has 0 aliphatic carbocycles. The Labute approximate surface area is 146 Å². The number of ether oxygens (including phenoxy) is 2. The summed E-state index contributed by atoms with van der Waals surface area (Å²) >= 11 is 0. The molecule has 0 aliphatic rings. The summed E-state index contributed by atoms with van der Waals surface area (Å²) in [6.45, 7) is 10.1. The largest absolute Gasteiger partial charge is 0.479 e. The van der Waals surface area contributed by atoms with Crippen LogP contribution >= 0.6 is 0 Å². The zero-order valence-electron chi connectivity index (χ0n) is 15.3. The molecule has 0 saturated carbocycles. The SMILES string of the molecule is CC(C)(C)OC(=O)Cn1cnc(C(NC(=O)OC(C)(C)C)C(=O)O)c1. The Hall–Kier alpha value is -2.58. The number of carboxylic acid groups (broad SMARTS) is 1. The van der Waals surface area contributed by atoms with Crippen molar-refractivity contribution in [2.75, 3.05) is 0 Å². The maximum atomic E-state index is 11.8. The third kappa shape index (κ3) is 7.69. The van der Waals surface area contributed by atoms with Crippen molar-refractivity contribution in [1.29, 1.82) is 0 Å². The highest BCUT2D eigenvalue weighted by Crippen LogP contribution is 2.14. The Morgan fingerprint density at radius 1 is 1.16 bits per heavy atom. The number of carboxylic acids is 1. The maximum absolute atomic E-state index is 11.8. The minimum Gasteiger partial charge on any atom is -0.479 e. The van der Waals surface area contributed by atoms with Gasteiger partial charge in [0.05, 0.1) is 12.0 Å². The van der Waals surface area contributed by atoms with Crippen LogP contribution in [0.4, 0.5) is 4.79 Å². The van der Waals surface area contributed by atoms with Gasteiger partial charge in [-0.2, -0.15) is 0 Å². The zero-order valence-corrected chi connectivity index (χ0v) is 15.3. The first-order valence-electron chi connectivity index (χ1n) is 7.73. The zero-order chi connectivity index (χ0) is 19.4. The fourth-order valence-corrected chi connectivity index (χ4v) is 1.82. The Balaban J connectivity index is 2.80. The number of alkyl carbamates (subject to hydrolysis) is 1. The minimum absolute atomic E-state index is 0.0712. The van der Waals surface area contributed by atoms with E-state index in [1.54, 1.807) is 41.5 Å². The molecule has 25 heavy (non-hydrogen) atoms. The molecule has 0 spiro atoms. The van der Waals surface area contributed by atoms with Gasteiger partial charge in [0.15, 0.2) is 6.04 Å². The lowest BCUT2D eigenvalue weighted by atomic mass is 10.2. The molecular weight excluding hydrogens is 330 g/mol. The molecule has 1 rings (SSSR count). The van der Waals surface area contributed by atoms with E-state index in [1.807, 2.05) is 0 Å². The Bertz CT molecular complexity index is 639. The van der Waals surface area contributed by atoms with E-state index >= 15 is 0 Å². The van der Waals surface area contributed by atoms with Crippen LogP contribution in [0.25, 0.3) is 0 Å². The first-order chi connectivity index (χ1) is 11.3. The summed E-state index contributed by atoms with van der Waals surface area (Å²) < 4.78 is 11.6. The van der Waals surface area contributed by atoms with Crippen LogP contribution in [0.2, 0.25) is 0 Å². The van der Waals surface area contributed by atoms with Crippen molar-refractivity contribution >= 4 is 18.0 Å². The van der Waals surface area contributed by atoms with Crippen LogP contribution in [0.3, 0.4) is 0 Å². The second-order valence-electron chi connectivity index (χ2n) is 7.47. The normalized spacial score (nSPS) is 13.0. The van der Waals surface area contributed by atoms with Crippen LogP contribution in [-0.4, -0.2) is 43.9 Å². The number of rotatable bonds is 5. The van der Waals surface area contributed by atoms with Gasteiger partial charge in [0, 0.05) is 6.20 Å². The first kappa shape index (κ1) is 20.5. The van der Waals surface area contributed by atoms with E-state index < -0.39 is 35.3 Å². The molecule has 1 amide bonds. The average Bonchev–Trinajstić information content (AvgIpc) is 2.78. The van der Waals surface area contributed by atoms with Gasteiger partial charge in [-0.3, -0.25) is 4.79 Å². The molecule has 0 bridgehead atoms. The number of esters is 1. The van der Waals surface area contributed by atoms with Crippen molar-refractivity contribution in [3.8, 4) is 0 Å².